The Hall–Kier alpha value is -1.43. The number of ether oxygens (including phenoxy) is 1. The molecule has 0 aromatic carbocycles. The van der Waals surface area contributed by atoms with Gasteiger partial charge in [-0.25, -0.2) is 0 Å². The van der Waals surface area contributed by atoms with Gasteiger partial charge in [-0.15, -0.1) is 0 Å². The molecule has 6 heteroatoms. The molecule has 0 radical (unpaired) electrons. The number of unbranched alkanes of at least 4 members (excludes halogenated alkanes) is 12. The lowest BCUT2D eigenvalue weighted by atomic mass is 9.97. The van der Waals surface area contributed by atoms with Crippen LogP contribution in [-0.4, -0.2) is 68.3 Å². The van der Waals surface area contributed by atoms with Crippen LogP contribution in [0.1, 0.15) is 135 Å². The summed E-state index contributed by atoms with van der Waals surface area (Å²) < 4.78 is 4.74. The maximum atomic E-state index is 13.3. The minimum atomic E-state index is -0.132. The van der Waals surface area contributed by atoms with Crippen LogP contribution in [0.25, 0.3) is 0 Å². The van der Waals surface area contributed by atoms with Gasteiger partial charge in [0.25, 0.3) is 0 Å². The third-order valence-electron chi connectivity index (χ3n) is 7.01. The average molecular weight is 511 g/mol. The van der Waals surface area contributed by atoms with Crippen LogP contribution in [0, 0.1) is 0 Å². The topological polar surface area (TPSA) is 66.9 Å². The second-order valence-corrected chi connectivity index (χ2v) is 10.6. The summed E-state index contributed by atoms with van der Waals surface area (Å²) in [6.07, 6.45) is 21.8. The van der Waals surface area contributed by atoms with Crippen LogP contribution in [0.5, 0.6) is 0 Å². The molecule has 0 aliphatic rings. The van der Waals surface area contributed by atoms with Crippen molar-refractivity contribution in [1.82, 2.24) is 9.80 Å². The predicted molar refractivity (Wildman–Crippen MR) is 150 cm³/mol. The molecule has 1 amide bonds. The lowest BCUT2D eigenvalue weighted by molar-refractivity contribution is -0.140. The Balaban J connectivity index is 4.89. The first-order valence-corrected chi connectivity index (χ1v) is 14.9. The Labute approximate surface area is 222 Å². The average Bonchev–Trinajstić information content (AvgIpc) is 2.86. The first-order chi connectivity index (χ1) is 17.5. The van der Waals surface area contributed by atoms with Crippen molar-refractivity contribution >= 4 is 18.2 Å². The van der Waals surface area contributed by atoms with E-state index in [4.69, 9.17) is 4.74 Å². The zero-order valence-electron chi connectivity index (χ0n) is 24.2. The van der Waals surface area contributed by atoms with Gasteiger partial charge in [0.2, 0.25) is 5.91 Å². The van der Waals surface area contributed by atoms with Gasteiger partial charge in [0.05, 0.1) is 7.11 Å². The first-order valence-electron chi connectivity index (χ1n) is 14.9. The quantitative estimate of drug-likeness (QED) is 0.0716. The second-order valence-electron chi connectivity index (χ2n) is 10.6. The molecule has 6 nitrogen and oxygen atoms in total. The number of rotatable bonds is 26. The van der Waals surface area contributed by atoms with E-state index in [1.165, 1.54) is 58.5 Å². The van der Waals surface area contributed by atoms with E-state index >= 15 is 0 Å². The molecule has 0 aromatic rings. The van der Waals surface area contributed by atoms with Crippen LogP contribution >= 0.6 is 0 Å². The third-order valence-corrected chi connectivity index (χ3v) is 7.01. The number of carbonyl (C=O) groups is 3. The Morgan fingerprint density at radius 3 is 1.86 bits per heavy atom. The lowest BCUT2D eigenvalue weighted by Gasteiger charge is -2.33. The Morgan fingerprint density at radius 1 is 0.722 bits per heavy atom. The van der Waals surface area contributed by atoms with Gasteiger partial charge < -0.3 is 19.3 Å². The van der Waals surface area contributed by atoms with Gasteiger partial charge in [0.1, 0.15) is 6.29 Å². The summed E-state index contributed by atoms with van der Waals surface area (Å²) in [4.78, 5) is 39.7. The summed E-state index contributed by atoms with van der Waals surface area (Å²) in [6, 6.07) is 0.286. The van der Waals surface area contributed by atoms with Crippen LogP contribution in [0.4, 0.5) is 0 Å². The Bertz CT molecular complexity index is 539. The van der Waals surface area contributed by atoms with E-state index in [1.54, 1.807) is 0 Å². The SMILES string of the molecule is CCCCCCCCCCC(CCCCCCC(=O)OC)N(CCCCC=O)C(=O)CCCN(C)C. The highest BCUT2D eigenvalue weighted by Gasteiger charge is 2.22. The van der Waals surface area contributed by atoms with Gasteiger partial charge in [-0.1, -0.05) is 77.6 Å². The van der Waals surface area contributed by atoms with Gasteiger partial charge in [-0.05, 0) is 59.2 Å². The van der Waals surface area contributed by atoms with Gasteiger partial charge >= 0.3 is 5.97 Å². The van der Waals surface area contributed by atoms with E-state index < -0.39 is 0 Å². The van der Waals surface area contributed by atoms with Crippen LogP contribution in [0.15, 0.2) is 0 Å². The molecule has 0 bridgehead atoms. The second kappa shape index (κ2) is 25.2. The zero-order valence-corrected chi connectivity index (χ0v) is 24.2. The normalized spacial score (nSPS) is 12.0. The highest BCUT2D eigenvalue weighted by molar-refractivity contribution is 5.76. The fraction of sp³-hybridized carbons (Fsp3) is 0.900. The number of aldehydes is 1. The van der Waals surface area contributed by atoms with Crippen LogP contribution in [0.3, 0.4) is 0 Å². The molecule has 0 saturated heterocycles. The van der Waals surface area contributed by atoms with Crippen molar-refractivity contribution in [3.05, 3.63) is 0 Å². The molecule has 212 valence electrons. The monoisotopic (exact) mass is 510 g/mol. The smallest absolute Gasteiger partial charge is 0.305 e. The summed E-state index contributed by atoms with van der Waals surface area (Å²) in [7, 11) is 5.54. The van der Waals surface area contributed by atoms with E-state index in [-0.39, 0.29) is 17.9 Å². The van der Waals surface area contributed by atoms with Crippen molar-refractivity contribution in [3.8, 4) is 0 Å². The molecular formula is C30H58N2O4. The van der Waals surface area contributed by atoms with E-state index in [9.17, 15) is 14.4 Å². The lowest BCUT2D eigenvalue weighted by Crippen LogP contribution is -2.41. The minimum Gasteiger partial charge on any atom is -0.469 e. The molecule has 0 aliphatic heterocycles. The van der Waals surface area contributed by atoms with Gasteiger partial charge in [-0.2, -0.15) is 0 Å². The van der Waals surface area contributed by atoms with E-state index in [1.807, 2.05) is 14.1 Å². The summed E-state index contributed by atoms with van der Waals surface area (Å²) in [5, 5.41) is 0. The summed E-state index contributed by atoms with van der Waals surface area (Å²) in [5.74, 6) is 0.144. The predicted octanol–water partition coefficient (Wildman–Crippen LogP) is 6.94. The zero-order chi connectivity index (χ0) is 26.9. The molecule has 0 fully saturated rings. The molecule has 0 saturated carbocycles. The number of carbonyl (C=O) groups excluding carboxylic acids is 3. The molecule has 1 atom stereocenters. The molecule has 0 spiro atoms. The van der Waals surface area contributed by atoms with Crippen molar-refractivity contribution in [2.75, 3.05) is 34.3 Å². The fourth-order valence-corrected chi connectivity index (χ4v) is 4.79. The van der Waals surface area contributed by atoms with Gasteiger partial charge in [0.15, 0.2) is 0 Å². The molecular weight excluding hydrogens is 452 g/mol. The summed E-state index contributed by atoms with van der Waals surface area (Å²) in [5.41, 5.74) is 0. The van der Waals surface area contributed by atoms with E-state index in [2.05, 4.69) is 16.7 Å². The number of nitrogens with zero attached hydrogens (tertiary/aromatic N) is 2. The summed E-state index contributed by atoms with van der Waals surface area (Å²) >= 11 is 0. The summed E-state index contributed by atoms with van der Waals surface area (Å²) in [6.45, 7) is 3.94. The van der Waals surface area contributed by atoms with Gasteiger partial charge in [0, 0.05) is 31.8 Å². The molecule has 0 heterocycles. The maximum Gasteiger partial charge on any atom is 0.305 e. The van der Waals surface area contributed by atoms with E-state index in [0.717, 1.165) is 77.2 Å². The molecule has 0 aliphatic carbocycles. The molecule has 36 heavy (non-hydrogen) atoms. The number of esters is 1. The molecule has 0 rings (SSSR count). The molecule has 0 aromatic heterocycles. The largest absolute Gasteiger partial charge is 0.469 e. The standard InChI is InChI=1S/C30H58N2O4/c1-5-6-7-8-9-10-11-15-21-28(22-16-12-13-17-24-30(35)36-4)32(26-18-14-19-27-33)29(34)23-20-25-31(2)3/h27-28H,5-26H2,1-4H3. The van der Waals surface area contributed by atoms with Crippen LogP contribution in [-0.2, 0) is 19.1 Å². The number of hydrogen-bond donors (Lipinski definition) is 0. The highest BCUT2D eigenvalue weighted by Crippen LogP contribution is 2.21. The van der Waals surface area contributed by atoms with Crippen LogP contribution < -0.4 is 0 Å². The molecule has 1 unspecified atom stereocenters. The van der Waals surface area contributed by atoms with Crippen molar-refractivity contribution in [3.63, 3.8) is 0 Å². The first kappa shape index (κ1) is 34.6. The maximum absolute atomic E-state index is 13.3. The third kappa shape index (κ3) is 20.7. The number of hydrogen-bond acceptors (Lipinski definition) is 5. The van der Waals surface area contributed by atoms with Crippen LogP contribution in [0.2, 0.25) is 0 Å². The van der Waals surface area contributed by atoms with Crippen molar-refractivity contribution in [2.45, 2.75) is 141 Å². The van der Waals surface area contributed by atoms with Crippen molar-refractivity contribution in [2.24, 2.45) is 0 Å². The number of amides is 1. The van der Waals surface area contributed by atoms with Gasteiger partial charge in [-0.3, -0.25) is 9.59 Å². The molecule has 0 N–H and O–H groups in total. The Kier molecular flexibility index (Phi) is 24.2. The minimum absolute atomic E-state index is 0.132. The Morgan fingerprint density at radius 2 is 1.31 bits per heavy atom. The number of methoxy groups -OCH3 is 1. The highest BCUT2D eigenvalue weighted by atomic mass is 16.5. The fourth-order valence-electron chi connectivity index (χ4n) is 4.79. The van der Waals surface area contributed by atoms with E-state index in [0.29, 0.717) is 19.3 Å². The van der Waals surface area contributed by atoms with Crippen molar-refractivity contribution < 1.29 is 19.1 Å². The van der Waals surface area contributed by atoms with Crippen molar-refractivity contribution in [1.29, 1.82) is 0 Å².